The number of ether oxygens (including phenoxy) is 2. The number of benzene rings is 3. The minimum atomic E-state index is -4.49. The lowest BCUT2D eigenvalue weighted by atomic mass is 10.1. The van der Waals surface area contributed by atoms with Gasteiger partial charge in [0, 0.05) is 54.8 Å². The molecule has 5 N–H and O–H groups in total. The summed E-state index contributed by atoms with van der Waals surface area (Å²) < 4.78 is 41.3. The van der Waals surface area contributed by atoms with Crippen molar-refractivity contribution < 1.29 is 42.2 Å². The Labute approximate surface area is 331 Å². The Hall–Kier alpha value is -5.80. The van der Waals surface area contributed by atoms with Crippen molar-refractivity contribution in [3.63, 3.8) is 0 Å². The third-order valence-corrected chi connectivity index (χ3v) is 11.7. The molecule has 2 fully saturated rings. The molecule has 4 atom stereocenters. The van der Waals surface area contributed by atoms with Gasteiger partial charge in [-0.2, -0.15) is 0 Å². The first-order valence-corrected chi connectivity index (χ1v) is 20.5. The molecule has 1 aromatic heterocycles. The van der Waals surface area contributed by atoms with Gasteiger partial charge in [-0.1, -0.05) is 67.8 Å². The van der Waals surface area contributed by atoms with Crippen LogP contribution in [0, 0.1) is 5.92 Å². The zero-order valence-electron chi connectivity index (χ0n) is 31.7. The molecule has 0 bridgehead atoms. The van der Waals surface area contributed by atoms with Gasteiger partial charge >= 0.3 is 5.97 Å². The van der Waals surface area contributed by atoms with E-state index in [1.165, 1.54) is 24.3 Å². The van der Waals surface area contributed by atoms with E-state index in [2.05, 4.69) is 27.3 Å². The van der Waals surface area contributed by atoms with Crippen molar-refractivity contribution >= 4 is 50.3 Å². The number of amides is 3. The number of methoxy groups -OCH3 is 1. The molecule has 300 valence electrons. The van der Waals surface area contributed by atoms with Crippen molar-refractivity contribution in [1.82, 2.24) is 20.3 Å². The fourth-order valence-corrected chi connectivity index (χ4v) is 8.25. The van der Waals surface area contributed by atoms with Crippen molar-refractivity contribution in [2.75, 3.05) is 19.0 Å². The average Bonchev–Trinajstić information content (AvgIpc) is 3.72. The highest BCUT2D eigenvalue weighted by molar-refractivity contribution is 7.90. The van der Waals surface area contributed by atoms with Crippen LogP contribution >= 0.6 is 0 Å². The molecule has 0 radical (unpaired) electrons. The summed E-state index contributed by atoms with van der Waals surface area (Å²) in [4.78, 5) is 55.4. The summed E-state index contributed by atoms with van der Waals surface area (Å²) in [5.41, 5.74) is 0.767. The van der Waals surface area contributed by atoms with Crippen molar-refractivity contribution in [2.45, 2.75) is 80.4 Å². The topological polar surface area (TPSA) is 202 Å². The zero-order chi connectivity index (χ0) is 40.6. The second-order valence-electron chi connectivity index (χ2n) is 14.3. The van der Waals surface area contributed by atoms with Crippen LogP contribution in [0.5, 0.6) is 11.5 Å². The molecule has 2 aliphatic rings. The number of carbonyl (C=O) groups is 4. The van der Waals surface area contributed by atoms with Crippen LogP contribution in [0.4, 0.5) is 5.69 Å². The van der Waals surface area contributed by atoms with Crippen molar-refractivity contribution in [2.24, 2.45) is 5.92 Å². The number of para-hydroxylation sites is 1. The molecule has 3 aromatic carbocycles. The predicted octanol–water partition coefficient (Wildman–Crippen LogP) is 5.34. The summed E-state index contributed by atoms with van der Waals surface area (Å²) in [7, 11) is -2.91. The number of rotatable bonds is 19. The molecule has 57 heavy (non-hydrogen) atoms. The summed E-state index contributed by atoms with van der Waals surface area (Å²) in [6.07, 6.45) is 5.14. The molecular formula is C42H47N5O9S. The van der Waals surface area contributed by atoms with Crippen molar-refractivity contribution in [3.8, 4) is 22.8 Å². The van der Waals surface area contributed by atoms with Gasteiger partial charge < -0.3 is 30.5 Å². The molecule has 1 saturated carbocycles. The second-order valence-corrected chi connectivity index (χ2v) is 16.0. The van der Waals surface area contributed by atoms with Crippen LogP contribution < -0.4 is 30.1 Å². The average molecular weight is 798 g/mol. The van der Waals surface area contributed by atoms with Crippen LogP contribution in [0.15, 0.2) is 96.4 Å². The summed E-state index contributed by atoms with van der Waals surface area (Å²) in [5, 5.41) is 18.2. The molecule has 1 saturated heterocycles. The first kappa shape index (κ1) is 40.9. The minimum absolute atomic E-state index is 0.0108. The number of pyridine rings is 1. The third kappa shape index (κ3) is 9.96. The molecule has 2 heterocycles. The second kappa shape index (κ2) is 18.0. The van der Waals surface area contributed by atoms with E-state index in [1.807, 2.05) is 54.6 Å². The Morgan fingerprint density at radius 1 is 0.965 bits per heavy atom. The van der Waals surface area contributed by atoms with Crippen LogP contribution in [-0.4, -0.2) is 73.5 Å². The van der Waals surface area contributed by atoms with Crippen LogP contribution in [0.2, 0.25) is 0 Å². The number of nitrogens with one attached hydrogen (secondary N) is 4. The maximum Gasteiger partial charge on any atom is 0.303 e. The van der Waals surface area contributed by atoms with Gasteiger partial charge in [-0.15, -0.1) is 6.58 Å². The summed E-state index contributed by atoms with van der Waals surface area (Å²) in [6, 6.07) is 22.1. The maximum absolute atomic E-state index is 13.7. The normalized spacial score (nSPS) is 20.0. The first-order valence-electron chi connectivity index (χ1n) is 19.0. The number of hydrogen-bond acceptors (Lipinski definition) is 10. The Morgan fingerprint density at radius 2 is 1.68 bits per heavy atom. The largest absolute Gasteiger partial charge is 0.497 e. The highest BCUT2D eigenvalue weighted by atomic mass is 32.2. The van der Waals surface area contributed by atoms with Gasteiger partial charge in [-0.3, -0.25) is 19.2 Å². The Morgan fingerprint density at radius 3 is 2.40 bits per heavy atom. The van der Waals surface area contributed by atoms with Crippen molar-refractivity contribution in [1.29, 1.82) is 0 Å². The van der Waals surface area contributed by atoms with Gasteiger partial charge in [-0.05, 0) is 43.5 Å². The van der Waals surface area contributed by atoms with Crippen LogP contribution in [0.1, 0.15) is 57.8 Å². The van der Waals surface area contributed by atoms with Gasteiger partial charge in [0.25, 0.3) is 15.9 Å². The van der Waals surface area contributed by atoms with E-state index < -0.39 is 57.3 Å². The first-order chi connectivity index (χ1) is 27.4. The number of aromatic nitrogens is 1. The van der Waals surface area contributed by atoms with E-state index in [9.17, 15) is 27.6 Å². The van der Waals surface area contributed by atoms with E-state index in [4.69, 9.17) is 19.6 Å². The predicted molar refractivity (Wildman–Crippen MR) is 214 cm³/mol. The van der Waals surface area contributed by atoms with Gasteiger partial charge in [0.1, 0.15) is 28.0 Å². The number of fused-ring (bicyclic) bond motifs is 1. The number of carboxylic acids is 1. The number of aliphatic carboxylic acids is 1. The highest BCUT2D eigenvalue weighted by Gasteiger charge is 2.61. The van der Waals surface area contributed by atoms with E-state index in [0.717, 1.165) is 30.2 Å². The van der Waals surface area contributed by atoms with E-state index in [0.29, 0.717) is 42.1 Å². The fourth-order valence-electron chi connectivity index (χ4n) is 7.05. The summed E-state index contributed by atoms with van der Waals surface area (Å²) in [5.74, 6) is -1.91. The number of hydrogen-bond donors (Lipinski definition) is 5. The Kier molecular flexibility index (Phi) is 12.9. The fraction of sp³-hybridized carbons (Fsp3) is 0.357. The van der Waals surface area contributed by atoms with Gasteiger partial charge in [0.05, 0.1) is 30.0 Å². The maximum atomic E-state index is 13.7. The summed E-state index contributed by atoms with van der Waals surface area (Å²) in [6.45, 7) is 4.12. The molecule has 0 spiro atoms. The lowest BCUT2D eigenvalue weighted by Crippen LogP contribution is -2.55. The molecule has 15 heteroatoms. The standard InChI is InChI=1S/C42H47N5O9S/c1-3-28-25-42(28,41(52)47-57(53,54)37-17-13-12-16-32(37)45-38(48)18-10-5-4-6-11-19-39(49)50)46-40(51)35-23-30(26-43-35)56-36-24-33(27-14-8-7-9-15-27)44-34-22-29(55-2)20-21-31(34)36/h3,7-9,12-17,20-22,24,28,30,35,43H,1,4-6,10-11,18-19,23,25-26H2,2H3,(H,45,48)(H,46,51)(H,47,52)(H,49,50)/t28-,30-,35+,42+/m1/s1. The Balaban J connectivity index is 1.08. The van der Waals surface area contributed by atoms with E-state index in [-0.39, 0.29) is 36.3 Å². The number of carboxylic acid groups (broad SMARTS) is 1. The number of nitrogens with zero attached hydrogens (tertiary/aromatic N) is 1. The van der Waals surface area contributed by atoms with Gasteiger partial charge in [0.15, 0.2) is 0 Å². The number of unbranched alkanes of at least 4 members (excludes halogenated alkanes) is 4. The molecule has 3 amide bonds. The molecular weight excluding hydrogens is 751 g/mol. The summed E-state index contributed by atoms with van der Waals surface area (Å²) >= 11 is 0. The molecule has 4 aromatic rings. The Bertz CT molecular complexity index is 2250. The van der Waals surface area contributed by atoms with Crippen molar-refractivity contribution in [3.05, 3.63) is 91.5 Å². The van der Waals surface area contributed by atoms with E-state index in [1.54, 1.807) is 13.2 Å². The minimum Gasteiger partial charge on any atom is -0.497 e. The lowest BCUT2D eigenvalue weighted by Gasteiger charge is -2.21. The smallest absolute Gasteiger partial charge is 0.303 e. The molecule has 6 rings (SSSR count). The molecule has 14 nitrogen and oxygen atoms in total. The lowest BCUT2D eigenvalue weighted by molar-refractivity contribution is -0.137. The molecule has 0 unspecified atom stereocenters. The third-order valence-electron chi connectivity index (χ3n) is 10.3. The zero-order valence-corrected chi connectivity index (χ0v) is 32.5. The van der Waals surface area contributed by atoms with Gasteiger partial charge in [-0.25, -0.2) is 18.1 Å². The number of anilines is 1. The monoisotopic (exact) mass is 797 g/mol. The highest BCUT2D eigenvalue weighted by Crippen LogP contribution is 2.45. The van der Waals surface area contributed by atoms with Crippen LogP contribution in [0.25, 0.3) is 22.2 Å². The SMILES string of the molecule is C=C[C@@H]1C[C@@]1(NC(=O)[C@@H]1C[C@@H](Oc2cc(-c3ccccc3)nc3cc(OC)ccc23)CN1)C(=O)NS(=O)(=O)c1ccccc1NC(=O)CCCCCCCC(=O)O. The molecule has 1 aliphatic heterocycles. The van der Waals surface area contributed by atoms with Crippen LogP contribution in [-0.2, 0) is 29.2 Å². The number of carbonyl (C=O) groups excluding carboxylic acids is 3. The molecule has 1 aliphatic carbocycles. The number of sulfonamides is 1. The van der Waals surface area contributed by atoms with E-state index >= 15 is 0 Å². The van der Waals surface area contributed by atoms with Gasteiger partial charge in [0.2, 0.25) is 11.8 Å². The quantitative estimate of drug-likeness (QED) is 0.0606. The van der Waals surface area contributed by atoms with Crippen LogP contribution in [0.3, 0.4) is 0 Å².